The van der Waals surface area contributed by atoms with Crippen molar-refractivity contribution >= 4 is 0 Å². The Bertz CT molecular complexity index is 366. The fourth-order valence-corrected chi connectivity index (χ4v) is 3.04. The van der Waals surface area contributed by atoms with E-state index in [-0.39, 0.29) is 0 Å². The molecule has 1 fully saturated rings. The molecule has 100 valence electrons. The van der Waals surface area contributed by atoms with E-state index in [1.165, 1.54) is 43.2 Å². The summed E-state index contributed by atoms with van der Waals surface area (Å²) in [5, 5.41) is 3.82. The molecule has 1 aromatic carbocycles. The minimum Gasteiger partial charge on any atom is -0.311 e. The van der Waals surface area contributed by atoms with Crippen molar-refractivity contribution in [2.45, 2.75) is 70.9 Å². The van der Waals surface area contributed by atoms with Crippen LogP contribution in [0.15, 0.2) is 24.3 Å². The number of hydrogen-bond donors (Lipinski definition) is 1. The predicted molar refractivity (Wildman–Crippen MR) is 79.1 cm³/mol. The van der Waals surface area contributed by atoms with Gasteiger partial charge in [0.1, 0.15) is 0 Å². The zero-order valence-electron chi connectivity index (χ0n) is 12.1. The molecular weight excluding hydrogens is 218 g/mol. The molecule has 1 heteroatoms. The van der Waals surface area contributed by atoms with Crippen LogP contribution < -0.4 is 5.32 Å². The van der Waals surface area contributed by atoms with Crippen LogP contribution in [0.25, 0.3) is 0 Å². The summed E-state index contributed by atoms with van der Waals surface area (Å²) in [6, 6.07) is 10.5. The Hall–Kier alpha value is -0.820. The average Bonchev–Trinajstić information content (AvgIpc) is 2.31. The first kappa shape index (κ1) is 13.6. The van der Waals surface area contributed by atoms with Gasteiger partial charge in [-0.25, -0.2) is 0 Å². The lowest BCUT2D eigenvalue weighted by atomic mass is 9.75. The lowest BCUT2D eigenvalue weighted by Gasteiger charge is -2.39. The largest absolute Gasteiger partial charge is 0.311 e. The number of nitrogens with one attached hydrogen (secondary N) is 1. The van der Waals surface area contributed by atoms with Crippen LogP contribution in [0.4, 0.5) is 0 Å². The Balaban J connectivity index is 1.80. The van der Waals surface area contributed by atoms with Crippen LogP contribution in [0.1, 0.15) is 63.0 Å². The quantitative estimate of drug-likeness (QED) is 0.783. The number of rotatable bonds is 6. The monoisotopic (exact) mass is 245 g/mol. The summed E-state index contributed by atoms with van der Waals surface area (Å²) in [6.45, 7) is 6.76. The first-order valence-corrected chi connectivity index (χ1v) is 7.55. The second kappa shape index (κ2) is 6.38. The van der Waals surface area contributed by atoms with Crippen molar-refractivity contribution in [2.24, 2.45) is 0 Å². The van der Waals surface area contributed by atoms with Crippen molar-refractivity contribution in [1.29, 1.82) is 0 Å². The smallest absolute Gasteiger partial charge is 0.00813 e. The molecule has 1 aromatic rings. The van der Waals surface area contributed by atoms with E-state index in [0.29, 0.717) is 0 Å². The molecule has 0 radical (unpaired) electrons. The SMILES string of the molecule is CCCC(CC)NC1CC(c2cccc(C)c2)C1. The molecule has 18 heavy (non-hydrogen) atoms. The van der Waals surface area contributed by atoms with E-state index in [0.717, 1.165) is 18.0 Å². The number of benzene rings is 1. The maximum atomic E-state index is 3.82. The van der Waals surface area contributed by atoms with Crippen LogP contribution in [0, 0.1) is 6.92 Å². The van der Waals surface area contributed by atoms with Gasteiger partial charge in [-0.2, -0.15) is 0 Å². The highest BCUT2D eigenvalue weighted by Crippen LogP contribution is 2.37. The fraction of sp³-hybridized carbons (Fsp3) is 0.647. The van der Waals surface area contributed by atoms with Gasteiger partial charge in [0.2, 0.25) is 0 Å². The van der Waals surface area contributed by atoms with Crippen molar-refractivity contribution in [2.75, 3.05) is 0 Å². The molecule has 1 unspecified atom stereocenters. The van der Waals surface area contributed by atoms with E-state index >= 15 is 0 Å². The molecule has 0 saturated heterocycles. The molecule has 2 rings (SSSR count). The molecule has 0 heterocycles. The first-order chi connectivity index (χ1) is 8.72. The van der Waals surface area contributed by atoms with E-state index in [1.54, 1.807) is 0 Å². The molecule has 0 bridgehead atoms. The highest BCUT2D eigenvalue weighted by molar-refractivity contribution is 5.27. The Labute approximate surface area is 112 Å². The second-order valence-electron chi connectivity index (χ2n) is 5.84. The third kappa shape index (κ3) is 3.35. The highest BCUT2D eigenvalue weighted by atomic mass is 15.0. The van der Waals surface area contributed by atoms with Gasteiger partial charge in [0, 0.05) is 12.1 Å². The summed E-state index contributed by atoms with van der Waals surface area (Å²) in [5.74, 6) is 0.793. The van der Waals surface area contributed by atoms with E-state index in [4.69, 9.17) is 0 Å². The summed E-state index contributed by atoms with van der Waals surface area (Å²) in [4.78, 5) is 0. The summed E-state index contributed by atoms with van der Waals surface area (Å²) in [6.07, 6.45) is 6.52. The minimum absolute atomic E-state index is 0.735. The zero-order chi connectivity index (χ0) is 13.0. The van der Waals surface area contributed by atoms with E-state index in [9.17, 15) is 0 Å². The second-order valence-corrected chi connectivity index (χ2v) is 5.84. The van der Waals surface area contributed by atoms with E-state index in [2.05, 4.69) is 50.4 Å². The van der Waals surface area contributed by atoms with Crippen molar-refractivity contribution in [1.82, 2.24) is 5.32 Å². The highest BCUT2D eigenvalue weighted by Gasteiger charge is 2.31. The lowest BCUT2D eigenvalue weighted by molar-refractivity contribution is 0.255. The Kier molecular flexibility index (Phi) is 4.82. The summed E-state index contributed by atoms with van der Waals surface area (Å²) >= 11 is 0. The molecule has 1 nitrogen and oxygen atoms in total. The number of aryl methyl sites for hydroxylation is 1. The third-order valence-electron chi connectivity index (χ3n) is 4.25. The average molecular weight is 245 g/mol. The van der Waals surface area contributed by atoms with Crippen LogP contribution >= 0.6 is 0 Å². The standard InChI is InChI=1S/C17H27N/c1-4-7-16(5-2)18-17-11-15(12-17)14-9-6-8-13(3)10-14/h6,8-10,15-18H,4-5,7,11-12H2,1-3H3. The molecule has 1 atom stereocenters. The van der Waals surface area contributed by atoms with Crippen LogP contribution in [-0.4, -0.2) is 12.1 Å². The van der Waals surface area contributed by atoms with Gasteiger partial charge in [-0.05, 0) is 44.1 Å². The Morgan fingerprint density at radius 3 is 2.67 bits per heavy atom. The zero-order valence-corrected chi connectivity index (χ0v) is 12.1. The van der Waals surface area contributed by atoms with Gasteiger partial charge in [0.25, 0.3) is 0 Å². The van der Waals surface area contributed by atoms with Crippen LogP contribution in [-0.2, 0) is 0 Å². The molecule has 0 spiro atoms. The predicted octanol–water partition coefficient (Wildman–Crippen LogP) is 4.41. The molecule has 0 amide bonds. The summed E-state index contributed by atoms with van der Waals surface area (Å²) in [5.41, 5.74) is 2.93. The van der Waals surface area contributed by atoms with Crippen molar-refractivity contribution in [3.8, 4) is 0 Å². The van der Waals surface area contributed by atoms with E-state index in [1.807, 2.05) is 0 Å². The van der Waals surface area contributed by atoms with Crippen molar-refractivity contribution in [3.05, 3.63) is 35.4 Å². The molecule has 1 N–H and O–H groups in total. The normalized spacial score (nSPS) is 24.6. The maximum Gasteiger partial charge on any atom is 0.00813 e. The molecular formula is C17H27N. The third-order valence-corrected chi connectivity index (χ3v) is 4.25. The first-order valence-electron chi connectivity index (χ1n) is 7.55. The number of hydrogen-bond acceptors (Lipinski definition) is 1. The van der Waals surface area contributed by atoms with Gasteiger partial charge in [0.15, 0.2) is 0 Å². The van der Waals surface area contributed by atoms with Crippen LogP contribution in [0.5, 0.6) is 0 Å². The Morgan fingerprint density at radius 2 is 2.06 bits per heavy atom. The van der Waals surface area contributed by atoms with Gasteiger partial charge in [-0.3, -0.25) is 0 Å². The summed E-state index contributed by atoms with van der Waals surface area (Å²) in [7, 11) is 0. The Morgan fingerprint density at radius 1 is 1.28 bits per heavy atom. The topological polar surface area (TPSA) is 12.0 Å². The fourth-order valence-electron chi connectivity index (χ4n) is 3.04. The molecule has 1 aliphatic rings. The van der Waals surface area contributed by atoms with Gasteiger partial charge in [0.05, 0.1) is 0 Å². The minimum atomic E-state index is 0.735. The van der Waals surface area contributed by atoms with Crippen LogP contribution in [0.3, 0.4) is 0 Å². The van der Waals surface area contributed by atoms with Gasteiger partial charge in [-0.1, -0.05) is 50.1 Å². The molecule has 0 aliphatic heterocycles. The van der Waals surface area contributed by atoms with Gasteiger partial charge < -0.3 is 5.32 Å². The van der Waals surface area contributed by atoms with Crippen molar-refractivity contribution < 1.29 is 0 Å². The molecule has 1 saturated carbocycles. The van der Waals surface area contributed by atoms with Crippen molar-refractivity contribution in [3.63, 3.8) is 0 Å². The summed E-state index contributed by atoms with van der Waals surface area (Å²) < 4.78 is 0. The van der Waals surface area contributed by atoms with E-state index < -0.39 is 0 Å². The lowest BCUT2D eigenvalue weighted by Crippen LogP contribution is -2.45. The van der Waals surface area contributed by atoms with Gasteiger partial charge >= 0.3 is 0 Å². The van der Waals surface area contributed by atoms with Gasteiger partial charge in [-0.15, -0.1) is 0 Å². The maximum absolute atomic E-state index is 3.82. The molecule has 0 aromatic heterocycles. The van der Waals surface area contributed by atoms with Crippen LogP contribution in [0.2, 0.25) is 0 Å². The molecule has 1 aliphatic carbocycles.